The lowest BCUT2D eigenvalue weighted by Gasteiger charge is -1.98. The zero-order valence-electron chi connectivity index (χ0n) is 4.98. The van der Waals surface area contributed by atoms with E-state index in [1.165, 1.54) is 6.34 Å². The van der Waals surface area contributed by atoms with E-state index < -0.39 is 0 Å². The molecule has 1 amide bonds. The van der Waals surface area contributed by atoms with Crippen LogP contribution in [0.15, 0.2) is 27.3 Å². The lowest BCUT2D eigenvalue weighted by Crippen LogP contribution is -2.21. The molecule has 0 saturated carbocycles. The van der Waals surface area contributed by atoms with Crippen LogP contribution in [0.3, 0.4) is 0 Å². The first-order valence-electron chi connectivity index (χ1n) is 2.77. The molecule has 48 valence electrons. The van der Waals surface area contributed by atoms with Crippen molar-refractivity contribution in [2.24, 2.45) is 15.0 Å². The van der Waals surface area contributed by atoms with Crippen LogP contribution in [0, 0.1) is 0 Å². The van der Waals surface area contributed by atoms with Gasteiger partial charge >= 0.3 is 0 Å². The second kappa shape index (κ2) is 1.70. The number of amides is 1. The molecule has 0 radical (unpaired) electrons. The van der Waals surface area contributed by atoms with E-state index in [1.54, 1.807) is 12.3 Å². The molecule has 0 saturated heterocycles. The maximum Gasteiger partial charge on any atom is 0.299 e. The highest BCUT2D eigenvalue weighted by Crippen LogP contribution is 2.02. The van der Waals surface area contributed by atoms with Gasteiger partial charge < -0.3 is 0 Å². The Morgan fingerprint density at radius 3 is 3.00 bits per heavy atom. The van der Waals surface area contributed by atoms with Crippen molar-refractivity contribution in [3.8, 4) is 0 Å². The summed E-state index contributed by atoms with van der Waals surface area (Å²) < 4.78 is 0. The Kier molecular flexibility index (Phi) is 0.887. The number of fused-ring (bicyclic) bond motifs is 1. The summed E-state index contributed by atoms with van der Waals surface area (Å²) in [7, 11) is 0. The first-order valence-corrected chi connectivity index (χ1v) is 2.77. The molecule has 2 rings (SSSR count). The highest BCUT2D eigenvalue weighted by Gasteiger charge is 2.20. The maximum atomic E-state index is 10.8. The molecule has 0 aliphatic carbocycles. The fraction of sp³-hybridized carbons (Fsp3) is 0. The lowest BCUT2D eigenvalue weighted by atomic mass is 10.2. The normalized spacial score (nSPS) is 20.6. The van der Waals surface area contributed by atoms with Gasteiger partial charge in [0.2, 0.25) is 0 Å². The van der Waals surface area contributed by atoms with Crippen molar-refractivity contribution in [1.29, 1.82) is 0 Å². The fourth-order valence-corrected chi connectivity index (χ4v) is 0.801. The number of carbonyl (C=O) groups excluding carboxylic acids is 1. The van der Waals surface area contributed by atoms with Gasteiger partial charge in [-0.25, -0.2) is 9.98 Å². The summed E-state index contributed by atoms with van der Waals surface area (Å²) in [4.78, 5) is 21.9. The van der Waals surface area contributed by atoms with Crippen molar-refractivity contribution in [1.82, 2.24) is 0 Å². The Hall–Kier alpha value is -1.58. The second-order valence-electron chi connectivity index (χ2n) is 1.86. The maximum absolute atomic E-state index is 10.8. The summed E-state index contributed by atoms with van der Waals surface area (Å²) in [5, 5.41) is 0. The Balaban J connectivity index is 2.54. The van der Waals surface area contributed by atoms with Gasteiger partial charge in [-0.15, -0.1) is 0 Å². The minimum atomic E-state index is -0.310. The summed E-state index contributed by atoms with van der Waals surface area (Å²) in [6.07, 6.45) is 4.46. The van der Waals surface area contributed by atoms with Gasteiger partial charge in [0.05, 0.1) is 5.71 Å². The summed E-state index contributed by atoms with van der Waals surface area (Å²) in [5.41, 5.74) is 0.961. The zero-order chi connectivity index (χ0) is 6.97. The molecule has 0 atom stereocenters. The van der Waals surface area contributed by atoms with Gasteiger partial charge in [0.1, 0.15) is 6.34 Å². The molecule has 0 unspecified atom stereocenters. The number of hydrogen-bond acceptors (Lipinski definition) is 3. The SMILES string of the molecule is O=C1N=CN=C2C=CN=C12. The largest absolute Gasteiger partial charge is 0.299 e. The Bertz CT molecular complexity index is 303. The second-order valence-corrected chi connectivity index (χ2v) is 1.86. The number of aliphatic imine (C=N–C) groups is 3. The Morgan fingerprint density at radius 2 is 2.20 bits per heavy atom. The third-order valence-electron chi connectivity index (χ3n) is 1.25. The number of carbonyl (C=O) groups is 1. The van der Waals surface area contributed by atoms with Crippen LogP contribution < -0.4 is 0 Å². The number of allylic oxidation sites excluding steroid dienone is 1. The summed E-state index contributed by atoms with van der Waals surface area (Å²) in [6, 6.07) is 0. The third-order valence-corrected chi connectivity index (χ3v) is 1.25. The molecule has 0 fully saturated rings. The van der Waals surface area contributed by atoms with E-state index in [4.69, 9.17) is 0 Å². The van der Waals surface area contributed by atoms with Gasteiger partial charge in [-0.05, 0) is 6.08 Å². The quantitative estimate of drug-likeness (QED) is 0.457. The molecular formula is C6H3N3O. The van der Waals surface area contributed by atoms with Crippen LogP contribution in [-0.2, 0) is 4.79 Å². The Labute approximate surface area is 56.7 Å². The Morgan fingerprint density at radius 1 is 1.30 bits per heavy atom. The molecule has 4 nitrogen and oxygen atoms in total. The van der Waals surface area contributed by atoms with Crippen LogP contribution in [0.25, 0.3) is 0 Å². The van der Waals surface area contributed by atoms with E-state index >= 15 is 0 Å². The van der Waals surface area contributed by atoms with Crippen LogP contribution in [-0.4, -0.2) is 23.7 Å². The van der Waals surface area contributed by atoms with Crippen molar-refractivity contribution in [2.45, 2.75) is 0 Å². The van der Waals surface area contributed by atoms with E-state index in [9.17, 15) is 4.79 Å². The molecule has 2 heterocycles. The summed E-state index contributed by atoms with van der Waals surface area (Å²) >= 11 is 0. The average Bonchev–Trinajstić information content (AvgIpc) is 2.36. The summed E-state index contributed by atoms with van der Waals surface area (Å²) in [6.45, 7) is 0. The highest BCUT2D eigenvalue weighted by atomic mass is 16.1. The van der Waals surface area contributed by atoms with E-state index in [2.05, 4.69) is 15.0 Å². The standard InChI is InChI=1S/C6H3N3O/c10-6-5-4(1-2-7-5)8-3-9-6/h1-3H. The first kappa shape index (κ1) is 5.22. The van der Waals surface area contributed by atoms with Crippen molar-refractivity contribution < 1.29 is 4.79 Å². The van der Waals surface area contributed by atoms with Crippen LogP contribution >= 0.6 is 0 Å². The van der Waals surface area contributed by atoms with Crippen molar-refractivity contribution in [3.05, 3.63) is 12.3 Å². The van der Waals surface area contributed by atoms with E-state index in [0.29, 0.717) is 11.4 Å². The summed E-state index contributed by atoms with van der Waals surface area (Å²) in [5.74, 6) is -0.310. The van der Waals surface area contributed by atoms with Gasteiger partial charge in [-0.2, -0.15) is 4.99 Å². The molecule has 2 aliphatic rings. The van der Waals surface area contributed by atoms with Crippen molar-refractivity contribution >= 4 is 23.7 Å². The topological polar surface area (TPSA) is 54.1 Å². The van der Waals surface area contributed by atoms with Crippen LogP contribution in [0.5, 0.6) is 0 Å². The number of rotatable bonds is 0. The molecule has 0 N–H and O–H groups in total. The number of nitrogens with zero attached hydrogens (tertiary/aromatic N) is 3. The zero-order valence-corrected chi connectivity index (χ0v) is 4.98. The van der Waals surface area contributed by atoms with Crippen molar-refractivity contribution in [2.75, 3.05) is 0 Å². The molecule has 4 heteroatoms. The fourth-order valence-electron chi connectivity index (χ4n) is 0.801. The van der Waals surface area contributed by atoms with Gasteiger partial charge in [0.15, 0.2) is 5.71 Å². The molecule has 10 heavy (non-hydrogen) atoms. The molecule has 0 aromatic rings. The molecule has 0 bridgehead atoms. The lowest BCUT2D eigenvalue weighted by molar-refractivity contribution is -0.111. The number of hydrogen-bond donors (Lipinski definition) is 0. The van der Waals surface area contributed by atoms with E-state index in [0.717, 1.165) is 0 Å². The van der Waals surface area contributed by atoms with Gasteiger partial charge in [0.25, 0.3) is 5.91 Å². The average molecular weight is 133 g/mol. The monoisotopic (exact) mass is 133 g/mol. The molecule has 0 spiro atoms. The molecule has 0 aromatic carbocycles. The minimum absolute atomic E-state index is 0.310. The van der Waals surface area contributed by atoms with Crippen LogP contribution in [0.4, 0.5) is 0 Å². The van der Waals surface area contributed by atoms with Gasteiger partial charge in [-0.1, -0.05) is 0 Å². The van der Waals surface area contributed by atoms with Gasteiger partial charge in [-0.3, -0.25) is 4.79 Å². The van der Waals surface area contributed by atoms with Gasteiger partial charge in [0, 0.05) is 6.20 Å². The predicted molar refractivity (Wildman–Crippen MR) is 37.5 cm³/mol. The smallest absolute Gasteiger partial charge is 0.265 e. The minimum Gasteiger partial charge on any atom is -0.265 e. The van der Waals surface area contributed by atoms with E-state index in [-0.39, 0.29) is 5.91 Å². The predicted octanol–water partition coefficient (Wildman–Crippen LogP) is -0.0358. The van der Waals surface area contributed by atoms with Crippen LogP contribution in [0.1, 0.15) is 0 Å². The van der Waals surface area contributed by atoms with E-state index in [1.807, 2.05) is 0 Å². The van der Waals surface area contributed by atoms with Crippen molar-refractivity contribution in [3.63, 3.8) is 0 Å². The first-order chi connectivity index (χ1) is 4.88. The molecule has 0 aromatic heterocycles. The van der Waals surface area contributed by atoms with Crippen LogP contribution in [0.2, 0.25) is 0 Å². The third kappa shape index (κ3) is 0.556. The highest BCUT2D eigenvalue weighted by molar-refractivity contribution is 6.72. The molecular weight excluding hydrogens is 130 g/mol. The molecule has 2 aliphatic heterocycles.